The average molecular weight is 282 g/mol. The highest BCUT2D eigenvalue weighted by Crippen LogP contribution is 2.11. The van der Waals surface area contributed by atoms with E-state index in [0.717, 1.165) is 11.6 Å². The summed E-state index contributed by atoms with van der Waals surface area (Å²) in [7, 11) is 0. The molecule has 1 aromatic rings. The Kier molecular flexibility index (Phi) is 6.33. The van der Waals surface area contributed by atoms with E-state index in [1.807, 2.05) is 0 Å². The van der Waals surface area contributed by atoms with Gasteiger partial charge in [0.25, 0.3) is 0 Å². The highest BCUT2D eigenvalue weighted by atomic mass is 16.4. The Morgan fingerprint density at radius 1 is 1.15 bits per heavy atom. The lowest BCUT2D eigenvalue weighted by molar-refractivity contribution is -0.132. The molecular formula is C14H18O6. The molecule has 0 bridgehead atoms. The third-order valence-corrected chi connectivity index (χ3v) is 2.82. The van der Waals surface area contributed by atoms with Crippen molar-refractivity contribution in [3.63, 3.8) is 0 Å². The quantitative estimate of drug-likeness (QED) is 0.423. The average Bonchev–Trinajstić information content (AvgIpc) is 2.45. The molecule has 110 valence electrons. The van der Waals surface area contributed by atoms with Gasteiger partial charge in [-0.05, 0) is 11.6 Å². The Morgan fingerprint density at radius 2 is 1.75 bits per heavy atom. The fourth-order valence-corrected chi connectivity index (χ4v) is 1.66. The van der Waals surface area contributed by atoms with Gasteiger partial charge in [-0.3, -0.25) is 0 Å². The van der Waals surface area contributed by atoms with Crippen LogP contribution in [-0.4, -0.2) is 56.4 Å². The summed E-state index contributed by atoms with van der Waals surface area (Å²) in [6.07, 6.45) is -3.71. The molecule has 20 heavy (non-hydrogen) atoms. The number of carboxylic acids is 1. The Morgan fingerprint density at radius 3 is 2.25 bits per heavy atom. The van der Waals surface area contributed by atoms with Crippen molar-refractivity contribution in [1.82, 2.24) is 0 Å². The molecule has 6 nitrogen and oxygen atoms in total. The molecule has 3 atom stereocenters. The molecule has 0 spiro atoms. The summed E-state index contributed by atoms with van der Waals surface area (Å²) in [6, 6.07) is 8.79. The van der Waals surface area contributed by atoms with Gasteiger partial charge in [-0.2, -0.15) is 0 Å². The van der Waals surface area contributed by atoms with Gasteiger partial charge >= 0.3 is 5.97 Å². The molecule has 0 saturated heterocycles. The van der Waals surface area contributed by atoms with Crippen molar-refractivity contribution in [1.29, 1.82) is 0 Å². The Bertz CT molecular complexity index is 456. The minimum Gasteiger partial charge on any atom is -0.478 e. The van der Waals surface area contributed by atoms with Gasteiger partial charge in [0.05, 0.1) is 6.61 Å². The summed E-state index contributed by atoms with van der Waals surface area (Å²) in [4.78, 5) is 11.1. The van der Waals surface area contributed by atoms with E-state index in [4.69, 9.17) is 10.2 Å². The van der Waals surface area contributed by atoms with Crippen molar-refractivity contribution in [2.45, 2.75) is 24.7 Å². The lowest BCUT2D eigenvalue weighted by Crippen LogP contribution is -2.38. The normalized spacial score (nSPS) is 16.5. The fourth-order valence-electron chi connectivity index (χ4n) is 1.66. The topological polar surface area (TPSA) is 118 Å². The van der Waals surface area contributed by atoms with Crippen molar-refractivity contribution < 1.29 is 30.3 Å². The molecule has 5 N–H and O–H groups in total. The maximum absolute atomic E-state index is 11.1. The van der Waals surface area contributed by atoms with Crippen LogP contribution in [0, 0.1) is 0 Å². The van der Waals surface area contributed by atoms with Crippen molar-refractivity contribution in [3.05, 3.63) is 47.5 Å². The van der Waals surface area contributed by atoms with Crippen LogP contribution in [0.5, 0.6) is 0 Å². The van der Waals surface area contributed by atoms with Crippen molar-refractivity contribution in [2.75, 3.05) is 6.61 Å². The molecule has 1 rings (SSSR count). The van der Waals surface area contributed by atoms with Crippen LogP contribution in [0.3, 0.4) is 0 Å². The monoisotopic (exact) mass is 282 g/mol. The number of hydrogen-bond donors (Lipinski definition) is 5. The molecule has 0 saturated carbocycles. The third-order valence-electron chi connectivity index (χ3n) is 2.82. The van der Waals surface area contributed by atoms with Crippen LogP contribution in [0.15, 0.2) is 42.0 Å². The molecule has 0 aliphatic heterocycles. The molecule has 0 radical (unpaired) electrons. The summed E-state index contributed by atoms with van der Waals surface area (Å²) in [6.45, 7) is -0.729. The van der Waals surface area contributed by atoms with Crippen LogP contribution < -0.4 is 0 Å². The van der Waals surface area contributed by atoms with Gasteiger partial charge < -0.3 is 25.5 Å². The molecule has 6 heteroatoms. The van der Waals surface area contributed by atoms with E-state index in [1.165, 1.54) is 0 Å². The van der Waals surface area contributed by atoms with Crippen LogP contribution in [0.1, 0.15) is 5.56 Å². The SMILES string of the molecule is O=C(O)C(=CC(O)C(O)C(O)CO)Cc1ccccc1. The molecule has 0 amide bonds. The first-order valence-corrected chi connectivity index (χ1v) is 6.08. The van der Waals surface area contributed by atoms with Gasteiger partial charge in [0.2, 0.25) is 0 Å². The van der Waals surface area contributed by atoms with Crippen LogP contribution in [0.4, 0.5) is 0 Å². The third kappa shape index (κ3) is 4.75. The standard InChI is InChI=1S/C14H18O6/c15-8-12(17)13(18)11(16)7-10(14(19)20)6-9-4-2-1-3-5-9/h1-5,7,11-13,15-18H,6,8H2,(H,19,20). The van der Waals surface area contributed by atoms with Crippen LogP contribution in [-0.2, 0) is 11.2 Å². The smallest absolute Gasteiger partial charge is 0.331 e. The van der Waals surface area contributed by atoms with Crippen molar-refractivity contribution in [3.8, 4) is 0 Å². The van der Waals surface area contributed by atoms with Gasteiger partial charge in [-0.15, -0.1) is 0 Å². The van der Waals surface area contributed by atoms with E-state index < -0.39 is 30.9 Å². The summed E-state index contributed by atoms with van der Waals surface area (Å²) in [5.41, 5.74) is 0.637. The predicted octanol–water partition coefficient (Wildman–Crippen LogP) is -0.685. The minimum absolute atomic E-state index is 0.0785. The largest absolute Gasteiger partial charge is 0.478 e. The highest BCUT2D eigenvalue weighted by molar-refractivity contribution is 5.87. The number of carbonyl (C=O) groups is 1. The number of benzene rings is 1. The first-order valence-electron chi connectivity index (χ1n) is 6.08. The first-order chi connectivity index (χ1) is 9.45. The molecule has 0 heterocycles. The van der Waals surface area contributed by atoms with Gasteiger partial charge in [0.15, 0.2) is 0 Å². The van der Waals surface area contributed by atoms with Crippen LogP contribution in [0.25, 0.3) is 0 Å². The van der Waals surface area contributed by atoms with Crippen LogP contribution in [0.2, 0.25) is 0 Å². The second-order valence-corrected chi connectivity index (χ2v) is 4.39. The molecule has 0 aromatic heterocycles. The summed E-state index contributed by atoms with van der Waals surface area (Å²) < 4.78 is 0. The van der Waals surface area contributed by atoms with E-state index in [1.54, 1.807) is 30.3 Å². The maximum Gasteiger partial charge on any atom is 0.331 e. The van der Waals surface area contributed by atoms with Gasteiger partial charge in [0.1, 0.15) is 18.3 Å². The van der Waals surface area contributed by atoms with Gasteiger partial charge in [-0.1, -0.05) is 30.3 Å². The van der Waals surface area contributed by atoms with E-state index in [9.17, 15) is 20.1 Å². The zero-order chi connectivity index (χ0) is 15.1. The summed E-state index contributed by atoms with van der Waals surface area (Å²) in [5.74, 6) is -1.22. The van der Waals surface area contributed by atoms with Crippen molar-refractivity contribution >= 4 is 5.97 Å². The zero-order valence-electron chi connectivity index (χ0n) is 10.8. The molecule has 0 aliphatic carbocycles. The number of carboxylic acid groups (broad SMARTS) is 1. The molecule has 0 fully saturated rings. The van der Waals surface area contributed by atoms with Crippen molar-refractivity contribution in [2.24, 2.45) is 0 Å². The highest BCUT2D eigenvalue weighted by Gasteiger charge is 2.24. The molecular weight excluding hydrogens is 264 g/mol. The number of rotatable bonds is 7. The van der Waals surface area contributed by atoms with E-state index >= 15 is 0 Å². The maximum atomic E-state index is 11.1. The number of aliphatic carboxylic acids is 1. The van der Waals surface area contributed by atoms with E-state index in [0.29, 0.717) is 0 Å². The van der Waals surface area contributed by atoms with Gasteiger partial charge in [0, 0.05) is 12.0 Å². The molecule has 3 unspecified atom stereocenters. The zero-order valence-corrected chi connectivity index (χ0v) is 10.8. The van der Waals surface area contributed by atoms with Gasteiger partial charge in [-0.25, -0.2) is 4.79 Å². The predicted molar refractivity (Wildman–Crippen MR) is 71.0 cm³/mol. The van der Waals surface area contributed by atoms with E-state index in [-0.39, 0.29) is 12.0 Å². The number of aliphatic hydroxyl groups excluding tert-OH is 4. The Hall–Kier alpha value is -1.73. The second-order valence-electron chi connectivity index (χ2n) is 4.39. The minimum atomic E-state index is -1.65. The second kappa shape index (κ2) is 7.76. The van der Waals surface area contributed by atoms with Crippen LogP contribution >= 0.6 is 0 Å². The lowest BCUT2D eigenvalue weighted by atomic mass is 10.0. The lowest BCUT2D eigenvalue weighted by Gasteiger charge is -2.19. The Labute approximate surface area is 116 Å². The summed E-state index contributed by atoms with van der Waals surface area (Å²) >= 11 is 0. The fraction of sp³-hybridized carbons (Fsp3) is 0.357. The van der Waals surface area contributed by atoms with E-state index in [2.05, 4.69) is 0 Å². The first kappa shape index (κ1) is 16.3. The molecule has 1 aromatic carbocycles. The molecule has 0 aliphatic rings. The Balaban J connectivity index is 2.85. The summed E-state index contributed by atoms with van der Waals surface area (Å²) in [5, 5.41) is 46.1. The number of hydrogen-bond acceptors (Lipinski definition) is 5. The number of aliphatic hydroxyl groups is 4.